The Morgan fingerprint density at radius 1 is 1.12 bits per heavy atom. The van der Waals surface area contributed by atoms with Crippen LogP contribution in [0.3, 0.4) is 0 Å². The molecule has 0 spiro atoms. The number of aromatic nitrogens is 3. The lowest BCUT2D eigenvalue weighted by Gasteiger charge is -2.35. The number of nitrogens with two attached hydrogens (primary N) is 1. The fraction of sp³-hybridized carbons (Fsp3) is 0.333. The molecule has 0 aliphatic heterocycles. The minimum atomic E-state index is 0.232. The molecule has 7 heteroatoms. The Hall–Kier alpha value is -3.10. The lowest BCUT2D eigenvalue weighted by molar-refractivity contribution is 0.0859. The van der Waals surface area contributed by atoms with E-state index >= 15 is 0 Å². The maximum Gasteiger partial charge on any atom is 0.121 e. The summed E-state index contributed by atoms with van der Waals surface area (Å²) in [6.07, 6.45) is 5.24. The van der Waals surface area contributed by atoms with Crippen LogP contribution in [0.1, 0.15) is 52.7 Å². The summed E-state index contributed by atoms with van der Waals surface area (Å²) < 4.78 is 0. The van der Waals surface area contributed by atoms with Crippen molar-refractivity contribution in [3.05, 3.63) is 94.6 Å². The molecule has 4 aromatic rings. The molecule has 5 rings (SSSR count). The number of fused-ring (bicyclic) bond motifs is 2. The Balaban J connectivity index is 1.51. The van der Waals surface area contributed by atoms with E-state index in [9.17, 15) is 0 Å². The van der Waals surface area contributed by atoms with Crippen molar-refractivity contribution in [2.24, 2.45) is 5.73 Å². The Labute approximate surface area is 200 Å². The first kappa shape index (κ1) is 22.7. The molecular weight excluding hydrogens is 424 g/mol. The summed E-state index contributed by atoms with van der Waals surface area (Å²) in [5.74, 6) is 0.972. The average molecular weight is 457 g/mol. The fourth-order valence-corrected chi connectivity index (χ4v) is 4.98. The molecule has 0 saturated heterocycles. The van der Waals surface area contributed by atoms with Crippen molar-refractivity contribution in [3.63, 3.8) is 0 Å². The number of aromatic amines is 1. The van der Waals surface area contributed by atoms with E-state index in [1.54, 1.807) is 7.11 Å². The molecule has 0 bridgehead atoms. The molecule has 2 aromatic carbocycles. The van der Waals surface area contributed by atoms with Crippen LogP contribution in [-0.4, -0.2) is 27.0 Å². The summed E-state index contributed by atoms with van der Waals surface area (Å²) in [5, 5.41) is 0. The number of nitrogens with one attached hydrogen (secondary N) is 2. The highest BCUT2D eigenvalue weighted by atomic mass is 16.6. The number of aryl methyl sites for hydroxylation is 1. The quantitative estimate of drug-likeness (QED) is 0.328. The van der Waals surface area contributed by atoms with Crippen molar-refractivity contribution >= 4 is 11.0 Å². The molecule has 0 fully saturated rings. The molecule has 4 N–H and O–H groups in total. The summed E-state index contributed by atoms with van der Waals surface area (Å²) in [6, 6.07) is 19.2. The smallest absolute Gasteiger partial charge is 0.121 e. The summed E-state index contributed by atoms with van der Waals surface area (Å²) in [7, 11) is 1.64. The Morgan fingerprint density at radius 3 is 2.88 bits per heavy atom. The van der Waals surface area contributed by atoms with Crippen molar-refractivity contribution < 1.29 is 4.84 Å². The molecule has 1 aliphatic carbocycles. The van der Waals surface area contributed by atoms with Gasteiger partial charge >= 0.3 is 0 Å². The summed E-state index contributed by atoms with van der Waals surface area (Å²) >= 11 is 0. The van der Waals surface area contributed by atoms with Gasteiger partial charge in [-0.15, -0.1) is 0 Å². The third kappa shape index (κ3) is 4.88. The van der Waals surface area contributed by atoms with E-state index in [1.165, 1.54) is 22.4 Å². The number of H-pyrrole nitrogens is 1. The number of hydrogen-bond acceptors (Lipinski definition) is 6. The Morgan fingerprint density at radius 2 is 2.03 bits per heavy atom. The van der Waals surface area contributed by atoms with Crippen LogP contribution < -0.4 is 11.2 Å². The van der Waals surface area contributed by atoms with Gasteiger partial charge in [0.15, 0.2) is 0 Å². The van der Waals surface area contributed by atoms with E-state index in [0.717, 1.165) is 48.2 Å². The van der Waals surface area contributed by atoms with Gasteiger partial charge in [-0.25, -0.2) is 4.98 Å². The third-order valence-electron chi connectivity index (χ3n) is 6.68. The van der Waals surface area contributed by atoms with E-state index in [0.29, 0.717) is 19.6 Å². The topological polar surface area (TPSA) is 92.1 Å². The Bertz CT molecular complexity index is 1220. The van der Waals surface area contributed by atoms with Crippen LogP contribution in [0.25, 0.3) is 11.0 Å². The number of imidazole rings is 1. The molecule has 2 heterocycles. The maximum atomic E-state index is 5.93. The van der Waals surface area contributed by atoms with Gasteiger partial charge in [-0.3, -0.25) is 9.88 Å². The molecule has 176 valence electrons. The van der Waals surface area contributed by atoms with Crippen molar-refractivity contribution in [1.29, 1.82) is 0 Å². The minimum absolute atomic E-state index is 0.232. The highest BCUT2D eigenvalue weighted by Crippen LogP contribution is 2.35. The molecule has 7 nitrogen and oxygen atoms in total. The SMILES string of the molecule is CONCc1cc(CN)ccc1CN(Cc1nc2ccccc2[nH]1)C1CCCc2cccnc21. The second kappa shape index (κ2) is 10.4. The minimum Gasteiger partial charge on any atom is -0.341 e. The first-order valence-corrected chi connectivity index (χ1v) is 11.9. The van der Waals surface area contributed by atoms with Crippen LogP contribution in [0.4, 0.5) is 0 Å². The Kier molecular flexibility index (Phi) is 6.97. The molecule has 0 radical (unpaired) electrons. The normalized spacial score (nSPS) is 15.7. The second-order valence-electron chi connectivity index (χ2n) is 8.89. The lowest BCUT2D eigenvalue weighted by atomic mass is 9.90. The van der Waals surface area contributed by atoms with E-state index in [-0.39, 0.29) is 6.04 Å². The van der Waals surface area contributed by atoms with E-state index in [1.807, 2.05) is 24.4 Å². The van der Waals surface area contributed by atoms with Gasteiger partial charge in [0.25, 0.3) is 0 Å². The zero-order valence-corrected chi connectivity index (χ0v) is 19.6. The fourth-order valence-electron chi connectivity index (χ4n) is 4.98. The number of pyridine rings is 1. The van der Waals surface area contributed by atoms with Gasteiger partial charge < -0.3 is 15.6 Å². The van der Waals surface area contributed by atoms with E-state index in [2.05, 4.69) is 51.8 Å². The summed E-state index contributed by atoms with van der Waals surface area (Å²) in [5.41, 5.74) is 17.1. The van der Waals surface area contributed by atoms with Gasteiger partial charge in [-0.1, -0.05) is 36.4 Å². The van der Waals surface area contributed by atoms with Crippen molar-refractivity contribution in [3.8, 4) is 0 Å². The number of rotatable bonds is 9. The van der Waals surface area contributed by atoms with Crippen LogP contribution in [-0.2, 0) is 37.4 Å². The summed E-state index contributed by atoms with van der Waals surface area (Å²) in [4.78, 5) is 20.9. The molecule has 1 aliphatic rings. The molecule has 34 heavy (non-hydrogen) atoms. The molecule has 0 amide bonds. The van der Waals surface area contributed by atoms with Gasteiger partial charge in [-0.2, -0.15) is 5.48 Å². The number of hydrogen-bond donors (Lipinski definition) is 3. The predicted molar refractivity (Wildman–Crippen MR) is 133 cm³/mol. The van der Waals surface area contributed by atoms with Gasteiger partial charge in [0.2, 0.25) is 0 Å². The van der Waals surface area contributed by atoms with Gasteiger partial charge in [0, 0.05) is 25.8 Å². The molecule has 1 atom stereocenters. The first-order chi connectivity index (χ1) is 16.7. The van der Waals surface area contributed by atoms with Crippen molar-refractivity contribution in [2.75, 3.05) is 7.11 Å². The molecular formula is C27H32N6O. The van der Waals surface area contributed by atoms with Gasteiger partial charge in [0.1, 0.15) is 5.82 Å². The van der Waals surface area contributed by atoms with Crippen LogP contribution in [0.2, 0.25) is 0 Å². The van der Waals surface area contributed by atoms with Crippen molar-refractivity contribution in [2.45, 2.75) is 51.5 Å². The largest absolute Gasteiger partial charge is 0.341 e. The van der Waals surface area contributed by atoms with E-state index < -0.39 is 0 Å². The summed E-state index contributed by atoms with van der Waals surface area (Å²) in [6.45, 7) is 2.63. The predicted octanol–water partition coefficient (Wildman–Crippen LogP) is 4.15. The second-order valence-corrected chi connectivity index (χ2v) is 8.89. The number of nitrogens with zero attached hydrogens (tertiary/aromatic N) is 3. The third-order valence-corrected chi connectivity index (χ3v) is 6.68. The van der Waals surface area contributed by atoms with Crippen LogP contribution in [0, 0.1) is 0 Å². The van der Waals surface area contributed by atoms with Gasteiger partial charge in [-0.05, 0) is 59.7 Å². The molecule has 2 aromatic heterocycles. The van der Waals surface area contributed by atoms with Crippen LogP contribution in [0.5, 0.6) is 0 Å². The highest BCUT2D eigenvalue weighted by Gasteiger charge is 2.28. The average Bonchev–Trinajstić information content (AvgIpc) is 3.29. The van der Waals surface area contributed by atoms with Crippen molar-refractivity contribution in [1.82, 2.24) is 25.3 Å². The zero-order chi connectivity index (χ0) is 23.3. The standard InChI is InChI=1S/C27H32N6O/c1-34-30-16-22-14-19(15-28)11-12-21(22)17-33(18-26-31-23-8-2-3-9-24(23)32-26)25-10-4-6-20-7-5-13-29-27(20)25/h2-3,5,7-9,11-14,25,30H,4,6,10,15-18,28H2,1H3,(H,31,32). The number of benzene rings is 2. The number of hydroxylamine groups is 1. The van der Waals surface area contributed by atoms with E-state index in [4.69, 9.17) is 20.5 Å². The van der Waals surface area contributed by atoms with Crippen LogP contribution in [0.15, 0.2) is 60.8 Å². The molecule has 0 saturated carbocycles. The zero-order valence-electron chi connectivity index (χ0n) is 19.6. The lowest BCUT2D eigenvalue weighted by Crippen LogP contribution is -2.32. The van der Waals surface area contributed by atoms with Gasteiger partial charge in [0.05, 0.1) is 36.4 Å². The number of para-hydroxylation sites is 2. The monoisotopic (exact) mass is 456 g/mol. The first-order valence-electron chi connectivity index (χ1n) is 11.9. The van der Waals surface area contributed by atoms with Crippen LogP contribution >= 0.6 is 0 Å². The maximum absolute atomic E-state index is 5.93. The molecule has 1 unspecified atom stereocenters. The highest BCUT2D eigenvalue weighted by molar-refractivity contribution is 5.74.